The van der Waals surface area contributed by atoms with Crippen LogP contribution in [-0.4, -0.2) is 44.8 Å². The molecule has 2 saturated heterocycles. The smallest absolute Gasteiger partial charge is 0.257 e. The Morgan fingerprint density at radius 2 is 1.97 bits per heavy atom. The molecule has 3 heterocycles. The molecule has 0 bridgehead atoms. The lowest BCUT2D eigenvalue weighted by molar-refractivity contribution is 0.0604. The molecular formula is C23H31FN4O. The summed E-state index contributed by atoms with van der Waals surface area (Å²) in [6.07, 6.45) is 5.65. The lowest BCUT2D eigenvalue weighted by atomic mass is 9.93. The van der Waals surface area contributed by atoms with Crippen molar-refractivity contribution in [3.63, 3.8) is 0 Å². The van der Waals surface area contributed by atoms with Gasteiger partial charge in [-0.2, -0.15) is 5.10 Å². The molecule has 5 nitrogen and oxygen atoms in total. The van der Waals surface area contributed by atoms with E-state index in [2.05, 4.69) is 35.7 Å². The van der Waals surface area contributed by atoms with Gasteiger partial charge in [0.2, 0.25) is 0 Å². The molecule has 1 amide bonds. The first-order chi connectivity index (χ1) is 13.8. The molecule has 2 aromatic rings. The molecular weight excluding hydrogens is 367 g/mol. The molecule has 6 heteroatoms. The number of amides is 1. The van der Waals surface area contributed by atoms with Crippen molar-refractivity contribution in [1.82, 2.24) is 14.7 Å². The summed E-state index contributed by atoms with van der Waals surface area (Å²) in [5, 5.41) is 4.43. The maximum absolute atomic E-state index is 13.5. The first kappa shape index (κ1) is 19.9. The number of rotatable bonds is 4. The van der Waals surface area contributed by atoms with E-state index in [0.717, 1.165) is 55.7 Å². The van der Waals surface area contributed by atoms with E-state index in [-0.39, 0.29) is 29.3 Å². The molecule has 4 rings (SSSR count). The Kier molecular flexibility index (Phi) is 5.13. The molecule has 0 radical (unpaired) electrons. The van der Waals surface area contributed by atoms with Gasteiger partial charge in [0.25, 0.3) is 5.91 Å². The second-order valence-corrected chi connectivity index (χ2v) is 9.01. The van der Waals surface area contributed by atoms with Gasteiger partial charge in [0.05, 0.1) is 23.8 Å². The average molecular weight is 399 g/mol. The van der Waals surface area contributed by atoms with E-state index in [1.54, 1.807) is 6.20 Å². The van der Waals surface area contributed by atoms with Crippen molar-refractivity contribution in [2.24, 2.45) is 0 Å². The van der Waals surface area contributed by atoms with Gasteiger partial charge in [0.15, 0.2) is 0 Å². The second-order valence-electron chi connectivity index (χ2n) is 9.01. The Bertz CT molecular complexity index is 889. The number of aromatic nitrogens is 2. The van der Waals surface area contributed by atoms with Gasteiger partial charge >= 0.3 is 0 Å². The van der Waals surface area contributed by atoms with Gasteiger partial charge in [-0.1, -0.05) is 6.92 Å². The molecule has 2 atom stereocenters. The van der Waals surface area contributed by atoms with Crippen LogP contribution in [0, 0.1) is 12.7 Å². The van der Waals surface area contributed by atoms with Crippen LogP contribution in [0.1, 0.15) is 62.5 Å². The van der Waals surface area contributed by atoms with Gasteiger partial charge in [0.1, 0.15) is 5.82 Å². The van der Waals surface area contributed by atoms with Gasteiger partial charge < -0.3 is 9.80 Å². The third-order valence-corrected chi connectivity index (χ3v) is 6.57. The number of benzene rings is 1. The lowest BCUT2D eigenvalue weighted by Gasteiger charge is -2.42. The minimum absolute atomic E-state index is 0.0938. The average Bonchev–Trinajstić information content (AvgIpc) is 3.18. The third kappa shape index (κ3) is 3.43. The van der Waals surface area contributed by atoms with Gasteiger partial charge in [-0.3, -0.25) is 9.48 Å². The fraction of sp³-hybridized carbons (Fsp3) is 0.565. The van der Waals surface area contributed by atoms with E-state index in [4.69, 9.17) is 0 Å². The topological polar surface area (TPSA) is 41.4 Å². The monoisotopic (exact) mass is 398 g/mol. The predicted octanol–water partition coefficient (Wildman–Crippen LogP) is 4.40. The highest BCUT2D eigenvalue weighted by Crippen LogP contribution is 2.44. The SMILES string of the molecule is CCCn1ncc(C(=O)N2CCC[C@H]3[C@@H]2CC(C)(C)N3c2ccc(F)cc2)c1C. The van der Waals surface area contributed by atoms with Crippen LogP contribution in [0.25, 0.3) is 0 Å². The number of hydrogen-bond donors (Lipinski definition) is 0. The number of carbonyl (C=O) groups excluding carboxylic acids is 1. The highest BCUT2D eigenvalue weighted by molar-refractivity contribution is 5.95. The van der Waals surface area contributed by atoms with Crippen LogP contribution >= 0.6 is 0 Å². The summed E-state index contributed by atoms with van der Waals surface area (Å²) in [6, 6.07) is 7.17. The number of piperidine rings is 1. The first-order valence-corrected chi connectivity index (χ1v) is 10.7. The Morgan fingerprint density at radius 1 is 1.24 bits per heavy atom. The molecule has 29 heavy (non-hydrogen) atoms. The summed E-state index contributed by atoms with van der Waals surface area (Å²) in [4.78, 5) is 18.0. The van der Waals surface area contributed by atoms with Crippen LogP contribution in [0.15, 0.2) is 30.5 Å². The van der Waals surface area contributed by atoms with Crippen molar-refractivity contribution in [1.29, 1.82) is 0 Å². The van der Waals surface area contributed by atoms with E-state index in [9.17, 15) is 9.18 Å². The van der Waals surface area contributed by atoms with E-state index in [1.807, 2.05) is 23.7 Å². The first-order valence-electron chi connectivity index (χ1n) is 10.7. The van der Waals surface area contributed by atoms with Crippen LogP contribution in [-0.2, 0) is 6.54 Å². The fourth-order valence-corrected chi connectivity index (χ4v) is 5.29. The zero-order chi connectivity index (χ0) is 20.8. The Hall–Kier alpha value is -2.37. The number of aryl methyl sites for hydroxylation is 1. The van der Waals surface area contributed by atoms with Crippen LogP contribution in [0.3, 0.4) is 0 Å². The highest BCUT2D eigenvalue weighted by Gasteiger charge is 2.50. The summed E-state index contributed by atoms with van der Waals surface area (Å²) < 4.78 is 15.4. The molecule has 1 aromatic carbocycles. The molecule has 2 aliphatic heterocycles. The molecule has 1 aromatic heterocycles. The zero-order valence-electron chi connectivity index (χ0n) is 17.9. The van der Waals surface area contributed by atoms with Crippen LogP contribution in [0.5, 0.6) is 0 Å². The number of anilines is 1. The predicted molar refractivity (Wildman–Crippen MR) is 113 cm³/mol. The van der Waals surface area contributed by atoms with Gasteiger partial charge in [-0.25, -0.2) is 4.39 Å². The van der Waals surface area contributed by atoms with E-state index in [1.165, 1.54) is 12.1 Å². The van der Waals surface area contributed by atoms with Crippen LogP contribution in [0.4, 0.5) is 10.1 Å². The Morgan fingerprint density at radius 3 is 2.66 bits per heavy atom. The largest absolute Gasteiger partial charge is 0.361 e. The molecule has 0 saturated carbocycles. The van der Waals surface area contributed by atoms with Gasteiger partial charge in [0, 0.05) is 30.0 Å². The minimum Gasteiger partial charge on any atom is -0.361 e. The van der Waals surface area contributed by atoms with Crippen molar-refractivity contribution < 1.29 is 9.18 Å². The standard InChI is InChI=1S/C23H31FN4O/c1-5-12-27-16(2)19(15-25-27)22(29)26-13-6-7-20-21(26)14-23(3,4)28(20)18-10-8-17(24)9-11-18/h8-11,15,20-21H,5-7,12-14H2,1-4H3/t20-,21-/m0/s1. The van der Waals surface area contributed by atoms with Crippen LogP contribution in [0.2, 0.25) is 0 Å². The van der Waals surface area contributed by atoms with Crippen molar-refractivity contribution in [3.8, 4) is 0 Å². The van der Waals surface area contributed by atoms with E-state index in [0.29, 0.717) is 0 Å². The van der Waals surface area contributed by atoms with E-state index < -0.39 is 0 Å². The summed E-state index contributed by atoms with van der Waals surface area (Å²) in [5.74, 6) is -0.126. The summed E-state index contributed by atoms with van der Waals surface area (Å²) in [5.41, 5.74) is 2.60. The Labute approximate surface area is 172 Å². The molecule has 156 valence electrons. The summed E-state index contributed by atoms with van der Waals surface area (Å²) >= 11 is 0. The number of nitrogens with zero attached hydrogens (tertiary/aromatic N) is 4. The molecule has 0 N–H and O–H groups in total. The number of carbonyl (C=O) groups is 1. The summed E-state index contributed by atoms with van der Waals surface area (Å²) in [7, 11) is 0. The number of likely N-dealkylation sites (tertiary alicyclic amines) is 1. The fourth-order valence-electron chi connectivity index (χ4n) is 5.29. The molecule has 0 spiro atoms. The normalized spacial score (nSPS) is 23.3. The van der Waals surface area contributed by atoms with Crippen LogP contribution < -0.4 is 4.90 Å². The minimum atomic E-state index is -0.220. The highest BCUT2D eigenvalue weighted by atomic mass is 19.1. The number of hydrogen-bond acceptors (Lipinski definition) is 3. The van der Waals surface area contributed by atoms with E-state index >= 15 is 0 Å². The quantitative estimate of drug-likeness (QED) is 0.766. The van der Waals surface area contributed by atoms with Crippen molar-refractivity contribution in [2.45, 2.75) is 77.5 Å². The molecule has 0 unspecified atom stereocenters. The van der Waals surface area contributed by atoms with Crippen molar-refractivity contribution >= 4 is 11.6 Å². The molecule has 2 aliphatic rings. The Balaban J connectivity index is 1.63. The third-order valence-electron chi connectivity index (χ3n) is 6.57. The number of halogens is 1. The molecule has 2 fully saturated rings. The lowest BCUT2D eigenvalue weighted by Crippen LogP contribution is -2.53. The van der Waals surface area contributed by atoms with Gasteiger partial charge in [-0.15, -0.1) is 0 Å². The van der Waals surface area contributed by atoms with Gasteiger partial charge in [-0.05, 0) is 70.7 Å². The maximum atomic E-state index is 13.5. The summed E-state index contributed by atoms with van der Waals surface area (Å²) in [6.45, 7) is 10.2. The number of fused-ring (bicyclic) bond motifs is 1. The second kappa shape index (κ2) is 7.47. The van der Waals surface area contributed by atoms with Crippen molar-refractivity contribution in [2.75, 3.05) is 11.4 Å². The zero-order valence-corrected chi connectivity index (χ0v) is 17.9. The molecule has 0 aliphatic carbocycles. The van der Waals surface area contributed by atoms with Crippen molar-refractivity contribution in [3.05, 3.63) is 47.5 Å². The maximum Gasteiger partial charge on any atom is 0.257 e.